The van der Waals surface area contributed by atoms with Gasteiger partial charge >= 0.3 is 11.9 Å². The molecular weight excluding hydrogens is 344 g/mol. The first-order valence-corrected chi connectivity index (χ1v) is 11.1. The summed E-state index contributed by atoms with van der Waals surface area (Å²) in [7, 11) is 0. The van der Waals surface area contributed by atoms with Crippen LogP contribution in [0.2, 0.25) is 0 Å². The molecule has 0 amide bonds. The molecule has 0 radical (unpaired) electrons. The third-order valence-corrected chi connectivity index (χ3v) is 4.58. The van der Waals surface area contributed by atoms with Crippen LogP contribution in [0.1, 0.15) is 129 Å². The predicted octanol–water partition coefficient (Wildman–Crippen LogP) is 7.14. The summed E-state index contributed by atoms with van der Waals surface area (Å²) in [6.07, 6.45) is 20.0. The van der Waals surface area contributed by atoms with E-state index in [1.807, 2.05) is 0 Å². The molecule has 0 bridgehead atoms. The normalized spacial score (nSPS) is 10.2. The first-order valence-electron chi connectivity index (χ1n) is 11.1. The molecule has 5 heteroatoms. The van der Waals surface area contributed by atoms with Gasteiger partial charge in [0.2, 0.25) is 0 Å². The van der Waals surface area contributed by atoms with Crippen LogP contribution in [-0.4, -0.2) is 22.3 Å². The van der Waals surface area contributed by atoms with Crippen molar-refractivity contribution in [1.29, 1.82) is 0 Å². The lowest BCUT2D eigenvalue weighted by atomic mass is 10.1. The molecule has 0 aromatic heterocycles. The maximum atomic E-state index is 10.5. The van der Waals surface area contributed by atoms with Crippen LogP contribution in [0.4, 0.5) is 0 Å². The molecule has 0 fully saturated rings. The van der Waals surface area contributed by atoms with Gasteiger partial charge in [-0.15, -0.1) is 0 Å². The van der Waals surface area contributed by atoms with Crippen LogP contribution in [0.5, 0.6) is 0 Å². The average Bonchev–Trinajstić information content (AvgIpc) is 2.66. The Morgan fingerprint density at radius 3 is 1.26 bits per heavy atom. The van der Waals surface area contributed by atoms with Gasteiger partial charge < -0.3 is 9.99 Å². The Labute approximate surface area is 166 Å². The summed E-state index contributed by atoms with van der Waals surface area (Å²) in [6, 6.07) is 0. The Kier molecular flexibility index (Phi) is 25.9. The zero-order chi connectivity index (χ0) is 20.6. The summed E-state index contributed by atoms with van der Waals surface area (Å²) in [6.45, 7) is 4.42. The van der Waals surface area contributed by atoms with Crippen LogP contribution in [0.25, 0.3) is 0 Å². The second kappa shape index (κ2) is 24.9. The van der Waals surface area contributed by atoms with Crippen LogP contribution in [0.15, 0.2) is 0 Å². The third-order valence-electron chi connectivity index (χ3n) is 4.58. The van der Waals surface area contributed by atoms with Gasteiger partial charge in [-0.05, 0) is 12.8 Å². The molecule has 2 N–H and O–H groups in total. The lowest BCUT2D eigenvalue weighted by molar-refractivity contribution is -0.234. The van der Waals surface area contributed by atoms with Crippen molar-refractivity contribution in [3.05, 3.63) is 0 Å². The molecule has 0 unspecified atom stereocenters. The van der Waals surface area contributed by atoms with Crippen molar-refractivity contribution in [2.24, 2.45) is 0 Å². The average molecular weight is 389 g/mol. The van der Waals surface area contributed by atoms with Crippen molar-refractivity contribution in [2.75, 3.05) is 0 Å². The Bertz CT molecular complexity index is 318. The van der Waals surface area contributed by atoms with Crippen LogP contribution >= 0.6 is 0 Å². The summed E-state index contributed by atoms with van der Waals surface area (Å²) >= 11 is 0. The standard InChI is InChI=1S/C12H24O2.C10H20O3/c1-2-3-4-5-6-7-8-9-10-11-12(13)14;1-2-3-4-5-6-7-8-9-10(11)13-12/h2-11H2,1H3,(H,13,14);12H,2-9H2,1H3. The minimum atomic E-state index is -0.659. The van der Waals surface area contributed by atoms with E-state index in [-0.39, 0.29) is 0 Å². The van der Waals surface area contributed by atoms with Gasteiger partial charge in [-0.1, -0.05) is 104 Å². The molecule has 5 nitrogen and oxygen atoms in total. The van der Waals surface area contributed by atoms with Gasteiger partial charge in [0.25, 0.3) is 0 Å². The number of carboxylic acid groups (broad SMARTS) is 1. The first-order chi connectivity index (χ1) is 13.1. The highest BCUT2D eigenvalue weighted by atomic mass is 17.1. The summed E-state index contributed by atoms with van der Waals surface area (Å²) in [4.78, 5) is 24.2. The predicted molar refractivity (Wildman–Crippen MR) is 111 cm³/mol. The van der Waals surface area contributed by atoms with Gasteiger partial charge in [0, 0.05) is 12.8 Å². The number of hydrogen-bond donors (Lipinski definition) is 2. The SMILES string of the molecule is CCCCCCCCCC(=O)OO.CCCCCCCCCCCC(=O)O. The summed E-state index contributed by atoms with van der Waals surface area (Å²) in [5.41, 5.74) is 0. The molecule has 0 aromatic rings. The Hall–Kier alpha value is -1.10. The van der Waals surface area contributed by atoms with E-state index in [9.17, 15) is 9.59 Å². The van der Waals surface area contributed by atoms with Gasteiger partial charge in [0.05, 0.1) is 0 Å². The van der Waals surface area contributed by atoms with E-state index in [0.29, 0.717) is 12.8 Å². The van der Waals surface area contributed by atoms with E-state index in [0.717, 1.165) is 25.7 Å². The van der Waals surface area contributed by atoms with Crippen LogP contribution in [0, 0.1) is 0 Å². The number of aliphatic carboxylic acids is 1. The number of unbranched alkanes of at least 4 members (excludes halogenated alkanes) is 14. The fourth-order valence-corrected chi connectivity index (χ4v) is 2.86. The molecule has 162 valence electrons. The zero-order valence-corrected chi connectivity index (χ0v) is 17.8. The number of rotatable bonds is 18. The number of hydrogen-bond acceptors (Lipinski definition) is 4. The molecule has 0 heterocycles. The fourth-order valence-electron chi connectivity index (χ4n) is 2.86. The first kappa shape index (κ1) is 28.1. The molecule has 27 heavy (non-hydrogen) atoms. The van der Waals surface area contributed by atoms with Crippen molar-refractivity contribution >= 4 is 11.9 Å². The van der Waals surface area contributed by atoms with Crippen LogP contribution in [0.3, 0.4) is 0 Å². The Morgan fingerprint density at radius 2 is 0.926 bits per heavy atom. The van der Waals surface area contributed by atoms with Gasteiger partial charge in [0.15, 0.2) is 0 Å². The summed E-state index contributed by atoms with van der Waals surface area (Å²) in [5, 5.41) is 16.4. The van der Waals surface area contributed by atoms with Crippen molar-refractivity contribution in [1.82, 2.24) is 0 Å². The number of carbonyl (C=O) groups excluding carboxylic acids is 1. The van der Waals surface area contributed by atoms with E-state index in [1.54, 1.807) is 0 Å². The van der Waals surface area contributed by atoms with E-state index >= 15 is 0 Å². The molecule has 0 atom stereocenters. The molecule has 0 spiro atoms. The minimum Gasteiger partial charge on any atom is -0.481 e. The maximum absolute atomic E-state index is 10.5. The minimum absolute atomic E-state index is 0.338. The number of carboxylic acids is 1. The number of carbonyl (C=O) groups is 2. The Balaban J connectivity index is 0. The summed E-state index contributed by atoms with van der Waals surface area (Å²) in [5.74, 6) is -1.18. The molecule has 0 saturated carbocycles. The van der Waals surface area contributed by atoms with Gasteiger partial charge in [-0.2, -0.15) is 5.26 Å². The zero-order valence-electron chi connectivity index (χ0n) is 17.8. The quantitative estimate of drug-likeness (QED) is 0.148. The van der Waals surface area contributed by atoms with E-state index in [2.05, 4.69) is 18.7 Å². The lowest BCUT2D eigenvalue weighted by Gasteiger charge is -2.00. The van der Waals surface area contributed by atoms with Crippen molar-refractivity contribution in [2.45, 2.75) is 129 Å². The highest BCUT2D eigenvalue weighted by molar-refractivity contribution is 5.68. The van der Waals surface area contributed by atoms with Crippen molar-refractivity contribution in [3.63, 3.8) is 0 Å². The van der Waals surface area contributed by atoms with Gasteiger partial charge in [-0.25, -0.2) is 4.79 Å². The highest BCUT2D eigenvalue weighted by Gasteiger charge is 2.00. The fraction of sp³-hybridized carbons (Fsp3) is 0.909. The topological polar surface area (TPSA) is 83.8 Å². The molecule has 0 saturated heterocycles. The van der Waals surface area contributed by atoms with Crippen LogP contribution in [-0.2, 0) is 14.5 Å². The molecular formula is C22H44O5. The third kappa shape index (κ3) is 29.9. The molecule has 0 aliphatic carbocycles. The van der Waals surface area contributed by atoms with Gasteiger partial charge in [0.1, 0.15) is 0 Å². The van der Waals surface area contributed by atoms with E-state index in [4.69, 9.17) is 10.4 Å². The lowest BCUT2D eigenvalue weighted by Crippen LogP contribution is -1.99. The second-order valence-electron chi connectivity index (χ2n) is 7.31. The molecule has 0 rings (SSSR count). The largest absolute Gasteiger partial charge is 0.481 e. The van der Waals surface area contributed by atoms with E-state index in [1.165, 1.54) is 77.0 Å². The highest BCUT2D eigenvalue weighted by Crippen LogP contribution is 2.10. The molecule has 0 aliphatic rings. The summed E-state index contributed by atoms with van der Waals surface area (Å²) < 4.78 is 0. The molecule has 0 aliphatic heterocycles. The van der Waals surface area contributed by atoms with Gasteiger partial charge in [-0.3, -0.25) is 4.79 Å². The van der Waals surface area contributed by atoms with Crippen LogP contribution < -0.4 is 0 Å². The molecule has 0 aromatic carbocycles. The van der Waals surface area contributed by atoms with Crippen molar-refractivity contribution in [3.8, 4) is 0 Å². The van der Waals surface area contributed by atoms with Crippen molar-refractivity contribution < 1.29 is 24.8 Å². The van der Waals surface area contributed by atoms with E-state index < -0.39 is 11.9 Å². The second-order valence-corrected chi connectivity index (χ2v) is 7.31. The maximum Gasteiger partial charge on any atom is 0.342 e. The smallest absolute Gasteiger partial charge is 0.342 e. The Morgan fingerprint density at radius 1 is 0.593 bits per heavy atom. The monoisotopic (exact) mass is 388 g/mol.